The Balaban J connectivity index is 2.21. The van der Waals surface area contributed by atoms with Gasteiger partial charge in [-0.1, -0.05) is 59.6 Å². The molecule has 0 aliphatic carbocycles. The minimum absolute atomic E-state index is 0.445. The number of hydrogen-bond donors (Lipinski definition) is 0. The molecule has 0 bridgehead atoms. The van der Waals surface area contributed by atoms with Gasteiger partial charge in [0, 0.05) is 17.0 Å². The number of fused-ring (bicyclic) bond motifs is 1. The highest BCUT2D eigenvalue weighted by Crippen LogP contribution is 2.31. The van der Waals surface area contributed by atoms with Crippen molar-refractivity contribution in [2.75, 3.05) is 0 Å². The second-order valence-electron chi connectivity index (χ2n) is 4.56. The topological polar surface area (TPSA) is 22.0 Å². The Morgan fingerprint density at radius 2 is 1.80 bits per heavy atom. The molecule has 20 heavy (non-hydrogen) atoms. The minimum atomic E-state index is 0.445. The molecule has 1 heterocycles. The van der Waals surface area contributed by atoms with E-state index < -0.39 is 0 Å². The highest BCUT2D eigenvalue weighted by Gasteiger charge is 2.15. The Bertz CT molecular complexity index is 778. The van der Waals surface area contributed by atoms with Gasteiger partial charge < -0.3 is 4.57 Å². The van der Waals surface area contributed by atoms with Gasteiger partial charge in [0.05, 0.1) is 11.1 Å². The van der Waals surface area contributed by atoms with Crippen LogP contribution in [0.4, 0.5) is 0 Å². The van der Waals surface area contributed by atoms with Crippen molar-refractivity contribution >= 4 is 40.4 Å². The first-order valence-corrected chi connectivity index (χ1v) is 6.92. The van der Waals surface area contributed by atoms with Crippen LogP contribution in [0.2, 0.25) is 10.2 Å². The second-order valence-corrected chi connectivity index (χ2v) is 5.35. The summed E-state index contributed by atoms with van der Waals surface area (Å²) in [5.74, 6) is 0. The van der Waals surface area contributed by atoms with E-state index in [1.54, 1.807) is 6.07 Å². The fourth-order valence-electron chi connectivity index (χ4n) is 2.35. The van der Waals surface area contributed by atoms with Crippen LogP contribution in [-0.2, 0) is 6.54 Å². The number of carbonyl (C=O) groups excluding carboxylic acids is 1. The molecule has 3 rings (SSSR count). The molecule has 100 valence electrons. The van der Waals surface area contributed by atoms with Crippen molar-refractivity contribution in [1.29, 1.82) is 0 Å². The van der Waals surface area contributed by atoms with Gasteiger partial charge >= 0.3 is 0 Å². The summed E-state index contributed by atoms with van der Waals surface area (Å²) in [5.41, 5.74) is 2.49. The Morgan fingerprint density at radius 1 is 1.05 bits per heavy atom. The lowest BCUT2D eigenvalue weighted by atomic mass is 10.2. The Labute approximate surface area is 126 Å². The van der Waals surface area contributed by atoms with Crippen molar-refractivity contribution in [1.82, 2.24) is 4.57 Å². The zero-order chi connectivity index (χ0) is 14.1. The van der Waals surface area contributed by atoms with Crippen LogP contribution in [0.1, 0.15) is 15.9 Å². The Hall–Kier alpha value is -1.77. The van der Waals surface area contributed by atoms with Crippen molar-refractivity contribution in [2.24, 2.45) is 0 Å². The third-order valence-electron chi connectivity index (χ3n) is 3.30. The molecule has 0 aliphatic heterocycles. The van der Waals surface area contributed by atoms with E-state index in [0.29, 0.717) is 22.3 Å². The number of hydrogen-bond acceptors (Lipinski definition) is 1. The van der Waals surface area contributed by atoms with Gasteiger partial charge in [0.25, 0.3) is 0 Å². The number of rotatable bonds is 3. The maximum absolute atomic E-state index is 11.3. The van der Waals surface area contributed by atoms with E-state index in [1.807, 2.05) is 47.0 Å². The largest absolute Gasteiger partial charge is 0.326 e. The Morgan fingerprint density at radius 3 is 2.50 bits per heavy atom. The van der Waals surface area contributed by atoms with Crippen LogP contribution in [0.3, 0.4) is 0 Å². The first kappa shape index (κ1) is 13.2. The van der Waals surface area contributed by atoms with Crippen LogP contribution in [0.5, 0.6) is 0 Å². The molecule has 0 aliphatic rings. The van der Waals surface area contributed by atoms with Crippen molar-refractivity contribution in [3.63, 3.8) is 0 Å². The standard InChI is InChI=1S/C16H11Cl2NO/c17-12-6-7-13-14(10-20)16(18)19(15(13)8-12)9-11-4-2-1-3-5-11/h1-8,10H,9H2. The molecular weight excluding hydrogens is 293 g/mol. The van der Waals surface area contributed by atoms with Crippen molar-refractivity contribution in [3.05, 3.63) is 69.8 Å². The molecule has 0 N–H and O–H groups in total. The molecule has 4 heteroatoms. The molecule has 0 saturated carbocycles. The van der Waals surface area contributed by atoms with E-state index >= 15 is 0 Å². The van der Waals surface area contributed by atoms with Crippen LogP contribution in [0, 0.1) is 0 Å². The van der Waals surface area contributed by atoms with Crippen LogP contribution in [0.25, 0.3) is 10.9 Å². The van der Waals surface area contributed by atoms with Gasteiger partial charge in [-0.2, -0.15) is 0 Å². The first-order valence-electron chi connectivity index (χ1n) is 6.17. The number of carbonyl (C=O) groups is 1. The number of aromatic nitrogens is 1. The van der Waals surface area contributed by atoms with Crippen LogP contribution < -0.4 is 0 Å². The second kappa shape index (κ2) is 5.31. The molecule has 0 unspecified atom stereocenters. The number of nitrogens with zero attached hydrogens (tertiary/aromatic N) is 1. The predicted octanol–water partition coefficient (Wildman–Crippen LogP) is 4.81. The van der Waals surface area contributed by atoms with E-state index in [2.05, 4.69) is 0 Å². The third kappa shape index (κ3) is 2.21. The summed E-state index contributed by atoms with van der Waals surface area (Å²) in [6, 6.07) is 15.4. The molecule has 0 spiro atoms. The van der Waals surface area contributed by atoms with Gasteiger partial charge in [0.1, 0.15) is 5.15 Å². The van der Waals surface area contributed by atoms with Crippen LogP contribution in [0.15, 0.2) is 48.5 Å². The van der Waals surface area contributed by atoms with Gasteiger partial charge in [0.2, 0.25) is 0 Å². The molecule has 0 radical (unpaired) electrons. The van der Waals surface area contributed by atoms with Crippen molar-refractivity contribution < 1.29 is 4.79 Å². The van der Waals surface area contributed by atoms with Gasteiger partial charge in [-0.3, -0.25) is 4.79 Å². The quantitative estimate of drug-likeness (QED) is 0.636. The average molecular weight is 304 g/mol. The van der Waals surface area contributed by atoms with Gasteiger partial charge in [0.15, 0.2) is 6.29 Å². The number of halogens is 2. The highest BCUT2D eigenvalue weighted by atomic mass is 35.5. The molecule has 0 atom stereocenters. The summed E-state index contributed by atoms with van der Waals surface area (Å²) in [4.78, 5) is 11.3. The maximum atomic E-state index is 11.3. The van der Waals surface area contributed by atoms with Gasteiger partial charge in [-0.15, -0.1) is 0 Å². The molecule has 2 aromatic carbocycles. The van der Waals surface area contributed by atoms with Gasteiger partial charge in [-0.25, -0.2) is 0 Å². The monoisotopic (exact) mass is 303 g/mol. The first-order chi connectivity index (χ1) is 9.70. The molecule has 2 nitrogen and oxygen atoms in total. The average Bonchev–Trinajstić information content (AvgIpc) is 2.72. The summed E-state index contributed by atoms with van der Waals surface area (Å²) in [5, 5.41) is 1.89. The summed E-state index contributed by atoms with van der Waals surface area (Å²) in [7, 11) is 0. The maximum Gasteiger partial charge on any atom is 0.153 e. The number of benzene rings is 2. The lowest BCUT2D eigenvalue weighted by Gasteiger charge is -2.07. The van der Waals surface area contributed by atoms with E-state index in [4.69, 9.17) is 23.2 Å². The third-order valence-corrected chi connectivity index (χ3v) is 3.94. The van der Waals surface area contributed by atoms with Crippen molar-refractivity contribution in [3.8, 4) is 0 Å². The molecule has 1 aromatic heterocycles. The summed E-state index contributed by atoms with van der Waals surface area (Å²) in [6.07, 6.45) is 0.792. The zero-order valence-corrected chi connectivity index (χ0v) is 12.0. The Kier molecular flexibility index (Phi) is 3.51. The highest BCUT2D eigenvalue weighted by molar-refractivity contribution is 6.35. The van der Waals surface area contributed by atoms with E-state index in [1.165, 1.54) is 0 Å². The van der Waals surface area contributed by atoms with E-state index in [-0.39, 0.29) is 0 Å². The van der Waals surface area contributed by atoms with E-state index in [0.717, 1.165) is 22.8 Å². The van der Waals surface area contributed by atoms with E-state index in [9.17, 15) is 4.79 Å². The van der Waals surface area contributed by atoms with Crippen LogP contribution >= 0.6 is 23.2 Å². The molecule has 3 aromatic rings. The van der Waals surface area contributed by atoms with Crippen LogP contribution in [-0.4, -0.2) is 10.9 Å². The molecular formula is C16H11Cl2NO. The smallest absolute Gasteiger partial charge is 0.153 e. The summed E-state index contributed by atoms with van der Waals surface area (Å²) < 4.78 is 1.90. The number of aldehydes is 1. The molecule has 0 amide bonds. The minimum Gasteiger partial charge on any atom is -0.326 e. The summed E-state index contributed by atoms with van der Waals surface area (Å²) in [6.45, 7) is 0.602. The van der Waals surface area contributed by atoms with Gasteiger partial charge in [-0.05, 0) is 17.7 Å². The molecule has 0 fully saturated rings. The zero-order valence-electron chi connectivity index (χ0n) is 10.5. The fraction of sp³-hybridized carbons (Fsp3) is 0.0625. The SMILES string of the molecule is O=Cc1c(Cl)n(Cc2ccccc2)c2cc(Cl)ccc12. The summed E-state index contributed by atoms with van der Waals surface area (Å²) >= 11 is 12.4. The lowest BCUT2D eigenvalue weighted by molar-refractivity contribution is 0.112. The molecule has 0 saturated heterocycles. The fourth-order valence-corrected chi connectivity index (χ4v) is 2.81. The predicted molar refractivity (Wildman–Crippen MR) is 82.9 cm³/mol. The van der Waals surface area contributed by atoms with Crippen molar-refractivity contribution in [2.45, 2.75) is 6.54 Å². The normalized spacial score (nSPS) is 10.9. The lowest BCUT2D eigenvalue weighted by Crippen LogP contribution is -1.99.